The van der Waals surface area contributed by atoms with Crippen LogP contribution in [0.1, 0.15) is 52.4 Å². The number of halogens is 1. The standard InChI is InChI=1S/C30H27FN4O4S/c1-32-21-10-9-20(23(31)14-21)17-39-28-4-2-3-24(33-28)19-7-5-18(6-8-19)13-27-34-29-25(15-26(40-29)30(36)37)35(27)16-22-11-12-38-22/h2-4,7,9-10,14-15,18,22H,5-6,8,11-13,16-17H2,(H,36,37). The van der Waals surface area contributed by atoms with Gasteiger partial charge in [-0.25, -0.2) is 24.0 Å². The van der Waals surface area contributed by atoms with Crippen LogP contribution < -0.4 is 4.74 Å². The van der Waals surface area contributed by atoms with Crippen molar-refractivity contribution < 1.29 is 23.8 Å². The van der Waals surface area contributed by atoms with Crippen molar-refractivity contribution in [3.8, 4) is 5.88 Å². The number of nitrogens with zero attached hydrogens (tertiary/aromatic N) is 4. The number of ether oxygens (including phenoxy) is 2. The number of carboxylic acid groups (broad SMARTS) is 1. The molecule has 0 radical (unpaired) electrons. The molecule has 1 aliphatic carbocycles. The van der Waals surface area contributed by atoms with Gasteiger partial charge in [-0.3, -0.25) is 0 Å². The Bertz CT molecular complexity index is 1650. The Morgan fingerprint density at radius 2 is 2.12 bits per heavy atom. The van der Waals surface area contributed by atoms with E-state index >= 15 is 0 Å². The average Bonchev–Trinajstić information content (AvgIpc) is 3.49. The number of hydrogen-bond donors (Lipinski definition) is 1. The first-order valence-electron chi connectivity index (χ1n) is 13.3. The molecular formula is C30H27FN4O4S. The van der Waals surface area contributed by atoms with E-state index in [0.717, 1.165) is 66.1 Å². The summed E-state index contributed by atoms with van der Waals surface area (Å²) in [6, 6.07) is 11.7. The van der Waals surface area contributed by atoms with Crippen molar-refractivity contribution in [3.05, 3.63) is 87.7 Å². The maximum Gasteiger partial charge on any atom is 0.346 e. The van der Waals surface area contributed by atoms with E-state index in [9.17, 15) is 14.3 Å². The summed E-state index contributed by atoms with van der Waals surface area (Å²) in [6.07, 6.45) is 6.95. The zero-order valence-electron chi connectivity index (χ0n) is 21.7. The van der Waals surface area contributed by atoms with Crippen LogP contribution in [0.15, 0.2) is 48.5 Å². The number of thiophene rings is 1. The lowest BCUT2D eigenvalue weighted by Crippen LogP contribution is -2.32. The van der Waals surface area contributed by atoms with Gasteiger partial charge in [0.25, 0.3) is 0 Å². The smallest absolute Gasteiger partial charge is 0.346 e. The molecule has 2 atom stereocenters. The van der Waals surface area contributed by atoms with Crippen LogP contribution in [0, 0.1) is 18.3 Å². The van der Waals surface area contributed by atoms with Gasteiger partial charge >= 0.3 is 5.97 Å². The van der Waals surface area contributed by atoms with Gasteiger partial charge in [-0.2, -0.15) is 0 Å². The maximum atomic E-state index is 14.2. The number of hydrogen-bond acceptors (Lipinski definition) is 6. The first-order valence-corrected chi connectivity index (χ1v) is 14.1. The van der Waals surface area contributed by atoms with E-state index in [1.807, 2.05) is 12.1 Å². The molecule has 1 saturated heterocycles. The van der Waals surface area contributed by atoms with Crippen molar-refractivity contribution in [1.82, 2.24) is 14.5 Å². The Morgan fingerprint density at radius 1 is 1.25 bits per heavy atom. The summed E-state index contributed by atoms with van der Waals surface area (Å²) in [6.45, 7) is 8.50. The molecule has 8 nitrogen and oxygen atoms in total. The van der Waals surface area contributed by atoms with Crippen LogP contribution in [0.5, 0.6) is 5.88 Å². The molecular weight excluding hydrogens is 531 g/mol. The molecule has 0 bridgehead atoms. The number of rotatable bonds is 9. The monoisotopic (exact) mass is 558 g/mol. The van der Waals surface area contributed by atoms with E-state index in [-0.39, 0.29) is 18.4 Å². The number of aromatic carboxylic acids is 1. The van der Waals surface area contributed by atoms with Crippen molar-refractivity contribution in [2.45, 2.75) is 51.4 Å². The number of imidazole rings is 1. The van der Waals surface area contributed by atoms with E-state index in [0.29, 0.717) is 28.8 Å². The third-order valence-electron chi connectivity index (χ3n) is 7.50. The van der Waals surface area contributed by atoms with Gasteiger partial charge in [-0.1, -0.05) is 24.3 Å². The molecule has 2 unspecified atom stereocenters. The molecule has 10 heteroatoms. The van der Waals surface area contributed by atoms with Crippen molar-refractivity contribution in [2.75, 3.05) is 6.61 Å². The molecule has 4 heterocycles. The fourth-order valence-corrected chi connectivity index (χ4v) is 6.06. The van der Waals surface area contributed by atoms with Gasteiger partial charge in [-0.15, -0.1) is 11.3 Å². The van der Waals surface area contributed by atoms with Gasteiger partial charge in [0.1, 0.15) is 28.0 Å². The topological polar surface area (TPSA) is 90.8 Å². The molecule has 1 aromatic carbocycles. The fourth-order valence-electron chi connectivity index (χ4n) is 5.17. The maximum absolute atomic E-state index is 14.2. The molecule has 1 aliphatic heterocycles. The predicted octanol–water partition coefficient (Wildman–Crippen LogP) is 6.67. The minimum absolute atomic E-state index is 0.0334. The molecule has 0 saturated carbocycles. The second-order valence-corrected chi connectivity index (χ2v) is 11.2. The summed E-state index contributed by atoms with van der Waals surface area (Å²) in [7, 11) is 0. The largest absolute Gasteiger partial charge is 0.477 e. The van der Waals surface area contributed by atoms with Crippen LogP contribution in [0.25, 0.3) is 20.8 Å². The Balaban J connectivity index is 1.12. The second kappa shape index (κ2) is 11.2. The quantitative estimate of drug-likeness (QED) is 0.231. The number of carbonyl (C=O) groups is 1. The van der Waals surface area contributed by atoms with E-state index in [2.05, 4.69) is 20.5 Å². The van der Waals surface area contributed by atoms with Crippen molar-refractivity contribution >= 4 is 38.9 Å². The Labute approximate surface area is 234 Å². The highest BCUT2D eigenvalue weighted by molar-refractivity contribution is 7.20. The number of fused-ring (bicyclic) bond motifs is 1. The summed E-state index contributed by atoms with van der Waals surface area (Å²) in [5.41, 5.74) is 3.52. The molecule has 40 heavy (non-hydrogen) atoms. The van der Waals surface area contributed by atoms with E-state index in [1.54, 1.807) is 24.3 Å². The molecule has 204 valence electrons. The lowest BCUT2D eigenvalue weighted by atomic mass is 9.86. The molecule has 2 aliphatic rings. The number of benzene rings is 1. The minimum Gasteiger partial charge on any atom is -0.477 e. The second-order valence-electron chi connectivity index (χ2n) is 10.1. The number of aromatic nitrogens is 3. The molecule has 6 rings (SSSR count). The first-order chi connectivity index (χ1) is 19.5. The lowest BCUT2D eigenvalue weighted by Gasteiger charge is -2.28. The third kappa shape index (κ3) is 5.48. The average molecular weight is 559 g/mol. The number of allylic oxidation sites excluding steroid dienone is 2. The van der Waals surface area contributed by atoms with Crippen LogP contribution in [0.4, 0.5) is 10.1 Å². The minimum atomic E-state index is -0.925. The zero-order valence-corrected chi connectivity index (χ0v) is 22.5. The van der Waals surface area contributed by atoms with Crippen LogP contribution in [-0.2, 0) is 24.3 Å². The van der Waals surface area contributed by atoms with Gasteiger partial charge < -0.3 is 19.1 Å². The van der Waals surface area contributed by atoms with Crippen LogP contribution >= 0.6 is 11.3 Å². The molecule has 1 N–H and O–H groups in total. The highest BCUT2D eigenvalue weighted by atomic mass is 32.1. The fraction of sp³-hybridized carbons (Fsp3) is 0.333. The lowest BCUT2D eigenvalue weighted by molar-refractivity contribution is -0.0590. The SMILES string of the molecule is [C-]#[N+]c1ccc(COc2cccc(C3=CCC(Cc4nc5sc(C(=O)O)cc5n4CC4CCO4)CC3)n2)c(F)c1. The van der Waals surface area contributed by atoms with Crippen LogP contribution in [-0.4, -0.2) is 38.3 Å². The highest BCUT2D eigenvalue weighted by Gasteiger charge is 2.26. The zero-order chi connectivity index (χ0) is 27.6. The summed E-state index contributed by atoms with van der Waals surface area (Å²) in [5.74, 6) is 0.442. The summed E-state index contributed by atoms with van der Waals surface area (Å²) < 4.78 is 27.8. The summed E-state index contributed by atoms with van der Waals surface area (Å²) in [5, 5.41) is 9.42. The van der Waals surface area contributed by atoms with Gasteiger partial charge in [-0.05, 0) is 55.4 Å². The van der Waals surface area contributed by atoms with Gasteiger partial charge in [0.2, 0.25) is 5.88 Å². The molecule has 3 aromatic heterocycles. The van der Waals surface area contributed by atoms with E-state index in [1.165, 1.54) is 17.4 Å². The van der Waals surface area contributed by atoms with Crippen molar-refractivity contribution in [2.24, 2.45) is 5.92 Å². The Morgan fingerprint density at radius 3 is 2.83 bits per heavy atom. The Kier molecular flexibility index (Phi) is 7.32. The predicted molar refractivity (Wildman–Crippen MR) is 149 cm³/mol. The molecule has 0 spiro atoms. The van der Waals surface area contributed by atoms with Crippen molar-refractivity contribution in [1.29, 1.82) is 0 Å². The number of carboxylic acids is 1. The van der Waals surface area contributed by atoms with Crippen LogP contribution in [0.3, 0.4) is 0 Å². The van der Waals surface area contributed by atoms with Gasteiger partial charge in [0.15, 0.2) is 5.69 Å². The van der Waals surface area contributed by atoms with Gasteiger partial charge in [0, 0.05) is 24.7 Å². The summed E-state index contributed by atoms with van der Waals surface area (Å²) in [4.78, 5) is 25.3. The first kappa shape index (κ1) is 26.2. The Hall–Kier alpha value is -4.07. The molecule has 1 fully saturated rings. The van der Waals surface area contributed by atoms with Gasteiger partial charge in [0.05, 0.1) is 30.4 Å². The third-order valence-corrected chi connectivity index (χ3v) is 8.51. The molecule has 4 aromatic rings. The number of pyridine rings is 1. The van der Waals surface area contributed by atoms with Crippen LogP contribution in [0.2, 0.25) is 0 Å². The van der Waals surface area contributed by atoms with E-state index < -0.39 is 11.8 Å². The van der Waals surface area contributed by atoms with E-state index in [4.69, 9.17) is 21.0 Å². The van der Waals surface area contributed by atoms with Crippen molar-refractivity contribution in [3.63, 3.8) is 0 Å². The highest BCUT2D eigenvalue weighted by Crippen LogP contribution is 2.34. The normalized spacial score (nSPS) is 18.6. The summed E-state index contributed by atoms with van der Waals surface area (Å²) >= 11 is 1.22. The molecule has 0 amide bonds.